The highest BCUT2D eigenvalue weighted by Gasteiger charge is 2.34. The summed E-state index contributed by atoms with van der Waals surface area (Å²) in [5, 5.41) is 11.5. The third-order valence-electron chi connectivity index (χ3n) is 6.97. The Labute approximate surface area is 237 Å². The molecule has 1 aromatic carbocycles. The first-order valence-electron chi connectivity index (χ1n) is 13.3. The first kappa shape index (κ1) is 27.6. The Balaban J connectivity index is 1.49. The second-order valence-corrected chi connectivity index (χ2v) is 10.9. The molecule has 2 N–H and O–H groups in total. The van der Waals surface area contributed by atoms with Gasteiger partial charge in [-0.3, -0.25) is 9.79 Å². The van der Waals surface area contributed by atoms with Gasteiger partial charge in [0.15, 0.2) is 0 Å². The van der Waals surface area contributed by atoms with Gasteiger partial charge in [0.1, 0.15) is 16.4 Å². The predicted molar refractivity (Wildman–Crippen MR) is 153 cm³/mol. The Hall–Kier alpha value is -3.96. The van der Waals surface area contributed by atoms with Crippen molar-refractivity contribution >= 4 is 23.1 Å². The van der Waals surface area contributed by atoms with Crippen LogP contribution in [0.5, 0.6) is 0 Å². The van der Waals surface area contributed by atoms with Gasteiger partial charge in [0.05, 0.1) is 24.4 Å². The zero-order valence-electron chi connectivity index (χ0n) is 23.1. The highest BCUT2D eigenvalue weighted by Crippen LogP contribution is 2.35. The molecule has 4 heterocycles. The van der Waals surface area contributed by atoms with Crippen LogP contribution in [-0.4, -0.2) is 57.6 Å². The van der Waals surface area contributed by atoms with Crippen LogP contribution in [0.3, 0.4) is 0 Å². The van der Waals surface area contributed by atoms with Crippen LogP contribution in [0.1, 0.15) is 70.9 Å². The van der Waals surface area contributed by atoms with Gasteiger partial charge in [-0.05, 0) is 50.3 Å². The molecule has 1 aliphatic rings. The van der Waals surface area contributed by atoms with Crippen molar-refractivity contribution in [1.29, 1.82) is 0 Å². The number of aromatic nitrogens is 4. The average molecular weight is 560 g/mol. The molecule has 40 heavy (non-hydrogen) atoms. The normalized spacial score (nSPS) is 17.2. The van der Waals surface area contributed by atoms with Gasteiger partial charge in [0.2, 0.25) is 11.8 Å². The summed E-state index contributed by atoms with van der Waals surface area (Å²) in [5.74, 6) is 0.596. The Morgan fingerprint density at radius 1 is 1.25 bits per heavy atom. The zero-order valence-corrected chi connectivity index (χ0v) is 23.9. The number of carbonyl (C=O) groups is 1. The number of likely N-dealkylation sites (tertiary alicyclic amines) is 1. The van der Waals surface area contributed by atoms with Crippen molar-refractivity contribution in [2.45, 2.75) is 51.1 Å². The first-order valence-corrected chi connectivity index (χ1v) is 14.2. The van der Waals surface area contributed by atoms with E-state index in [9.17, 15) is 4.79 Å². The Morgan fingerprint density at radius 2 is 2.05 bits per heavy atom. The van der Waals surface area contributed by atoms with E-state index in [4.69, 9.17) is 19.9 Å². The molecule has 11 heteroatoms. The maximum atomic E-state index is 13.9. The van der Waals surface area contributed by atoms with Crippen LogP contribution >= 0.6 is 11.3 Å². The minimum atomic E-state index is -0.904. The van der Waals surface area contributed by atoms with Gasteiger partial charge in [-0.25, -0.2) is 9.97 Å². The van der Waals surface area contributed by atoms with Crippen LogP contribution in [0.2, 0.25) is 0 Å². The van der Waals surface area contributed by atoms with E-state index in [1.807, 2.05) is 42.2 Å². The summed E-state index contributed by atoms with van der Waals surface area (Å²) in [7, 11) is 3.11. The number of rotatable bonds is 8. The van der Waals surface area contributed by atoms with Gasteiger partial charge in [-0.15, -0.1) is 21.5 Å². The number of aryl methyl sites for hydroxylation is 1. The summed E-state index contributed by atoms with van der Waals surface area (Å²) in [6.45, 7) is 4.57. The minimum Gasteiger partial charge on any atom is -0.480 e. The van der Waals surface area contributed by atoms with Gasteiger partial charge < -0.3 is 19.8 Å². The minimum absolute atomic E-state index is 0.0643. The topological polar surface area (TPSA) is 133 Å². The molecule has 4 aromatic rings. The number of amides is 1. The van der Waals surface area contributed by atoms with E-state index >= 15 is 0 Å². The molecule has 0 aliphatic carbocycles. The second-order valence-electron chi connectivity index (χ2n) is 10.0. The summed E-state index contributed by atoms with van der Waals surface area (Å²) >= 11 is 1.61. The van der Waals surface area contributed by atoms with Crippen molar-refractivity contribution in [3.63, 3.8) is 0 Å². The number of aliphatic imine (C=N–C) groups is 1. The van der Waals surface area contributed by atoms with Crippen LogP contribution < -0.4 is 5.73 Å². The van der Waals surface area contributed by atoms with E-state index in [1.54, 1.807) is 30.5 Å². The number of methoxy groups -OCH3 is 1. The quantitative estimate of drug-likeness (QED) is 0.245. The molecule has 5 rings (SSSR count). The van der Waals surface area contributed by atoms with E-state index in [2.05, 4.69) is 32.5 Å². The number of pyridine rings is 1. The first-order chi connectivity index (χ1) is 19.3. The molecule has 0 spiro atoms. The number of hydrogen-bond donors (Lipinski definition) is 1. The lowest BCUT2D eigenvalue weighted by molar-refractivity contribution is 0.0735. The number of nitrogens with zero attached hydrogens (tertiary/aromatic N) is 6. The van der Waals surface area contributed by atoms with Crippen LogP contribution in [0.25, 0.3) is 11.6 Å². The summed E-state index contributed by atoms with van der Waals surface area (Å²) in [5.41, 5.74) is 8.96. The Kier molecular flexibility index (Phi) is 8.04. The van der Waals surface area contributed by atoms with E-state index < -0.39 is 5.54 Å². The molecule has 1 aliphatic heterocycles. The second kappa shape index (κ2) is 11.6. The molecular formula is C29H33N7O3S. The lowest BCUT2D eigenvalue weighted by Gasteiger charge is -2.23. The standard InChI is InChI=1S/C29H33N7O3S/c1-5-20-17-40-26(32-20)23-12-9-13-36(23)27(37)19-14-21(24(31-3)38-4)33-22(15-19)25-34-35-28(39-25)29(2,30)16-18-10-7-6-8-11-18/h6-8,10-11,14-15,17,23H,5,9,12-13,16,30H2,1-4H3. The SMILES string of the molecule is CCc1csc(C2CCCN2C(=O)c2cc(C(=NC)OC)nc(-c3nnc(C(C)(N)Cc4ccccc4)o3)c2)n1. The van der Waals surface area contributed by atoms with Gasteiger partial charge in [-0.1, -0.05) is 37.3 Å². The molecule has 0 bridgehead atoms. The Morgan fingerprint density at radius 3 is 2.75 bits per heavy atom. The van der Waals surface area contributed by atoms with Gasteiger partial charge >= 0.3 is 0 Å². The molecule has 0 saturated carbocycles. The summed E-state index contributed by atoms with van der Waals surface area (Å²) in [6.07, 6.45) is 3.15. The molecule has 0 radical (unpaired) electrons. The molecule has 1 amide bonds. The molecule has 208 valence electrons. The van der Waals surface area contributed by atoms with Crippen LogP contribution in [0.15, 0.2) is 57.3 Å². The summed E-state index contributed by atoms with van der Waals surface area (Å²) in [4.78, 5) is 29.4. The Bertz CT molecular complexity index is 1510. The van der Waals surface area contributed by atoms with E-state index in [-0.39, 0.29) is 29.6 Å². The van der Waals surface area contributed by atoms with Crippen molar-refractivity contribution in [1.82, 2.24) is 25.1 Å². The highest BCUT2D eigenvalue weighted by molar-refractivity contribution is 7.09. The van der Waals surface area contributed by atoms with Crippen molar-refractivity contribution in [2.24, 2.45) is 10.7 Å². The highest BCUT2D eigenvalue weighted by atomic mass is 32.1. The average Bonchev–Trinajstić information content (AvgIpc) is 3.74. The largest absolute Gasteiger partial charge is 0.480 e. The maximum Gasteiger partial charge on any atom is 0.266 e. The molecule has 3 aromatic heterocycles. The lowest BCUT2D eigenvalue weighted by Crippen LogP contribution is -2.35. The van der Waals surface area contributed by atoms with Crippen LogP contribution in [0.4, 0.5) is 0 Å². The van der Waals surface area contributed by atoms with Crippen LogP contribution in [0, 0.1) is 0 Å². The van der Waals surface area contributed by atoms with Crippen molar-refractivity contribution in [2.75, 3.05) is 20.7 Å². The predicted octanol–water partition coefficient (Wildman–Crippen LogP) is 4.57. The number of hydrogen-bond acceptors (Lipinski definition) is 10. The summed E-state index contributed by atoms with van der Waals surface area (Å²) < 4.78 is 11.5. The van der Waals surface area contributed by atoms with Crippen molar-refractivity contribution in [3.8, 4) is 11.6 Å². The van der Waals surface area contributed by atoms with E-state index in [0.29, 0.717) is 29.9 Å². The van der Waals surface area contributed by atoms with Crippen molar-refractivity contribution in [3.05, 3.63) is 81.3 Å². The number of ether oxygens (including phenoxy) is 1. The molecule has 10 nitrogen and oxygen atoms in total. The molecule has 1 saturated heterocycles. The van der Waals surface area contributed by atoms with E-state index in [0.717, 1.165) is 35.5 Å². The number of thiazole rings is 1. The van der Waals surface area contributed by atoms with Gasteiger partial charge in [0, 0.05) is 24.5 Å². The molecule has 2 unspecified atom stereocenters. The van der Waals surface area contributed by atoms with E-state index in [1.165, 1.54) is 7.11 Å². The lowest BCUT2D eigenvalue weighted by atomic mass is 9.94. The third-order valence-corrected chi connectivity index (χ3v) is 7.96. The number of carbonyl (C=O) groups excluding carboxylic acids is 1. The zero-order chi connectivity index (χ0) is 28.3. The van der Waals surface area contributed by atoms with Gasteiger partial charge in [0.25, 0.3) is 11.8 Å². The number of nitrogens with two attached hydrogens (primary N) is 1. The number of benzene rings is 1. The smallest absolute Gasteiger partial charge is 0.266 e. The monoisotopic (exact) mass is 559 g/mol. The molecule has 1 fully saturated rings. The fourth-order valence-electron chi connectivity index (χ4n) is 4.91. The van der Waals surface area contributed by atoms with Crippen LogP contribution in [-0.2, 0) is 23.1 Å². The fraction of sp³-hybridized carbons (Fsp3) is 0.379. The molecular weight excluding hydrogens is 526 g/mol. The third kappa shape index (κ3) is 5.66. The maximum absolute atomic E-state index is 13.9. The van der Waals surface area contributed by atoms with Gasteiger partial charge in [-0.2, -0.15) is 0 Å². The van der Waals surface area contributed by atoms with Crippen molar-refractivity contribution < 1.29 is 13.9 Å². The fourth-order valence-corrected chi connectivity index (χ4v) is 5.96. The summed E-state index contributed by atoms with van der Waals surface area (Å²) in [6, 6.07) is 13.2. The molecule has 2 atom stereocenters.